The number of nitro benzene ring substituents is 1. The highest BCUT2D eigenvalue weighted by molar-refractivity contribution is 6.30. The zero-order valence-corrected chi connectivity index (χ0v) is 10.3. The first-order valence-corrected chi connectivity index (χ1v) is 5.74. The molecule has 5 nitrogen and oxygen atoms in total. The summed E-state index contributed by atoms with van der Waals surface area (Å²) in [6, 6.07) is 4.44. The molecule has 0 saturated carbocycles. The molecule has 0 fully saturated rings. The maximum absolute atomic E-state index is 10.8. The van der Waals surface area contributed by atoms with Crippen LogP contribution in [-0.2, 0) is 6.54 Å². The van der Waals surface area contributed by atoms with Crippen LogP contribution in [-0.4, -0.2) is 22.7 Å². The smallest absolute Gasteiger partial charge is 0.273 e. The minimum atomic E-state index is -0.441. The summed E-state index contributed by atoms with van der Waals surface area (Å²) >= 11 is 5.79. The molecule has 0 aliphatic heterocycles. The lowest BCUT2D eigenvalue weighted by Crippen LogP contribution is -2.25. The van der Waals surface area contributed by atoms with E-state index >= 15 is 0 Å². The Balaban J connectivity index is 2.68. The average molecular weight is 259 g/mol. The van der Waals surface area contributed by atoms with Crippen molar-refractivity contribution < 1.29 is 10.0 Å². The van der Waals surface area contributed by atoms with E-state index in [2.05, 4.69) is 5.32 Å². The van der Waals surface area contributed by atoms with Crippen molar-refractivity contribution in [2.24, 2.45) is 0 Å². The molecule has 0 saturated heterocycles. The van der Waals surface area contributed by atoms with Crippen LogP contribution in [0.5, 0.6) is 0 Å². The van der Waals surface area contributed by atoms with E-state index in [1.165, 1.54) is 12.1 Å². The molecule has 17 heavy (non-hydrogen) atoms. The number of aliphatic hydroxyl groups excluding tert-OH is 1. The third-order valence-electron chi connectivity index (χ3n) is 2.40. The molecule has 1 unspecified atom stereocenters. The molecule has 2 N–H and O–H groups in total. The molecule has 1 aromatic rings. The van der Waals surface area contributed by atoms with E-state index in [4.69, 9.17) is 11.6 Å². The topological polar surface area (TPSA) is 75.4 Å². The molecule has 0 aliphatic carbocycles. The summed E-state index contributed by atoms with van der Waals surface area (Å²) < 4.78 is 0. The van der Waals surface area contributed by atoms with Gasteiger partial charge in [0.15, 0.2) is 0 Å². The van der Waals surface area contributed by atoms with Gasteiger partial charge in [0.1, 0.15) is 0 Å². The van der Waals surface area contributed by atoms with Crippen LogP contribution in [0.3, 0.4) is 0 Å². The highest BCUT2D eigenvalue weighted by atomic mass is 35.5. The van der Waals surface area contributed by atoms with Gasteiger partial charge in [0, 0.05) is 29.7 Å². The molecule has 1 rings (SSSR count). The van der Waals surface area contributed by atoms with Crippen molar-refractivity contribution in [3.05, 3.63) is 38.9 Å². The Morgan fingerprint density at radius 2 is 2.29 bits per heavy atom. The third kappa shape index (κ3) is 4.30. The molecule has 0 aliphatic rings. The van der Waals surface area contributed by atoms with Gasteiger partial charge in [-0.05, 0) is 18.6 Å². The fraction of sp³-hybridized carbons (Fsp3) is 0.455. The number of hydrogen-bond acceptors (Lipinski definition) is 4. The molecule has 1 atom stereocenters. The maximum atomic E-state index is 10.8. The Hall–Kier alpha value is -1.17. The largest absolute Gasteiger partial charge is 0.392 e. The van der Waals surface area contributed by atoms with Crippen LogP contribution < -0.4 is 5.32 Å². The monoisotopic (exact) mass is 258 g/mol. The second-order valence-corrected chi connectivity index (χ2v) is 4.16. The maximum Gasteiger partial charge on any atom is 0.273 e. The fourth-order valence-electron chi connectivity index (χ4n) is 1.39. The molecule has 0 radical (unpaired) electrons. The van der Waals surface area contributed by atoms with Crippen LogP contribution in [0.2, 0.25) is 5.02 Å². The lowest BCUT2D eigenvalue weighted by atomic mass is 10.1. The normalized spacial score (nSPS) is 12.4. The van der Waals surface area contributed by atoms with Crippen LogP contribution in [0.4, 0.5) is 5.69 Å². The zero-order chi connectivity index (χ0) is 12.8. The Labute approximate surface area is 105 Å². The predicted molar refractivity (Wildman–Crippen MR) is 66.1 cm³/mol. The van der Waals surface area contributed by atoms with Crippen molar-refractivity contribution in [1.82, 2.24) is 5.32 Å². The highest BCUT2D eigenvalue weighted by Gasteiger charge is 2.13. The van der Waals surface area contributed by atoms with Crippen molar-refractivity contribution in [3.8, 4) is 0 Å². The molecule has 0 heterocycles. The summed E-state index contributed by atoms with van der Waals surface area (Å²) in [4.78, 5) is 10.3. The van der Waals surface area contributed by atoms with E-state index < -0.39 is 11.0 Å². The zero-order valence-electron chi connectivity index (χ0n) is 9.52. The molecule has 0 aromatic heterocycles. The van der Waals surface area contributed by atoms with Gasteiger partial charge in [-0.2, -0.15) is 0 Å². The molecular formula is C11H15ClN2O3. The second-order valence-electron chi connectivity index (χ2n) is 3.72. The summed E-state index contributed by atoms with van der Waals surface area (Å²) in [5, 5.41) is 23.5. The summed E-state index contributed by atoms with van der Waals surface area (Å²) in [6.45, 7) is 2.59. The lowest BCUT2D eigenvalue weighted by molar-refractivity contribution is -0.385. The first-order chi connectivity index (χ1) is 8.04. The van der Waals surface area contributed by atoms with Crippen LogP contribution >= 0.6 is 11.6 Å². The van der Waals surface area contributed by atoms with Crippen molar-refractivity contribution in [2.75, 3.05) is 6.54 Å². The van der Waals surface area contributed by atoms with E-state index in [0.717, 1.165) is 0 Å². The number of aliphatic hydroxyl groups is 1. The molecule has 1 aromatic carbocycles. The number of benzene rings is 1. The number of nitrogens with one attached hydrogen (secondary N) is 1. The van der Waals surface area contributed by atoms with Crippen LogP contribution in [0.15, 0.2) is 18.2 Å². The molecular weight excluding hydrogens is 244 g/mol. The van der Waals surface area contributed by atoms with Gasteiger partial charge in [0.25, 0.3) is 5.69 Å². The first-order valence-electron chi connectivity index (χ1n) is 5.36. The van der Waals surface area contributed by atoms with Gasteiger partial charge in [-0.1, -0.05) is 18.5 Å². The Morgan fingerprint density at radius 3 is 2.88 bits per heavy atom. The van der Waals surface area contributed by atoms with Gasteiger partial charge in [0.05, 0.1) is 11.0 Å². The minimum absolute atomic E-state index is 0.0351. The SMILES string of the molecule is CCC(O)CNCc1cc(Cl)ccc1[N+](=O)[O-]. The summed E-state index contributed by atoms with van der Waals surface area (Å²) in [5.41, 5.74) is 0.554. The van der Waals surface area contributed by atoms with Crippen LogP contribution in [0.1, 0.15) is 18.9 Å². The van der Waals surface area contributed by atoms with E-state index in [0.29, 0.717) is 30.1 Å². The standard InChI is InChI=1S/C11H15ClN2O3/c1-2-10(15)7-13-6-8-5-9(12)3-4-11(8)14(16)17/h3-5,10,13,15H,2,6-7H2,1H3. The number of nitrogens with zero attached hydrogens (tertiary/aromatic N) is 1. The van der Waals surface area contributed by atoms with Gasteiger partial charge in [-0.3, -0.25) is 10.1 Å². The Morgan fingerprint density at radius 1 is 1.59 bits per heavy atom. The number of nitro groups is 1. The van der Waals surface area contributed by atoms with Crippen LogP contribution in [0.25, 0.3) is 0 Å². The summed E-state index contributed by atoms with van der Waals surface area (Å²) in [6.07, 6.45) is 0.207. The van der Waals surface area contributed by atoms with Gasteiger partial charge in [-0.15, -0.1) is 0 Å². The van der Waals surface area contributed by atoms with Gasteiger partial charge in [-0.25, -0.2) is 0 Å². The van der Waals surface area contributed by atoms with Gasteiger partial charge in [0.2, 0.25) is 0 Å². The average Bonchev–Trinajstić information content (AvgIpc) is 2.28. The summed E-state index contributed by atoms with van der Waals surface area (Å²) in [7, 11) is 0. The van der Waals surface area contributed by atoms with Gasteiger partial charge < -0.3 is 10.4 Å². The molecule has 94 valence electrons. The van der Waals surface area contributed by atoms with Crippen molar-refractivity contribution in [1.29, 1.82) is 0 Å². The van der Waals surface area contributed by atoms with E-state index in [-0.39, 0.29) is 5.69 Å². The number of halogens is 1. The van der Waals surface area contributed by atoms with Crippen molar-refractivity contribution in [3.63, 3.8) is 0 Å². The quantitative estimate of drug-likeness (QED) is 0.605. The fourth-order valence-corrected chi connectivity index (χ4v) is 1.59. The predicted octanol–water partition coefficient (Wildman–Crippen LogP) is 2.11. The van der Waals surface area contributed by atoms with E-state index in [1.807, 2.05) is 6.92 Å². The third-order valence-corrected chi connectivity index (χ3v) is 2.64. The lowest BCUT2D eigenvalue weighted by Gasteiger charge is -2.09. The van der Waals surface area contributed by atoms with Crippen LogP contribution in [0, 0.1) is 10.1 Å². The molecule has 0 bridgehead atoms. The van der Waals surface area contributed by atoms with Crippen molar-refractivity contribution in [2.45, 2.75) is 26.0 Å². The van der Waals surface area contributed by atoms with E-state index in [9.17, 15) is 15.2 Å². The van der Waals surface area contributed by atoms with Gasteiger partial charge >= 0.3 is 0 Å². The Bertz CT molecular complexity index is 398. The second kappa shape index (κ2) is 6.54. The molecule has 0 spiro atoms. The number of rotatable bonds is 6. The molecule has 0 amide bonds. The minimum Gasteiger partial charge on any atom is -0.392 e. The number of hydrogen-bond donors (Lipinski definition) is 2. The molecule has 6 heteroatoms. The highest BCUT2D eigenvalue weighted by Crippen LogP contribution is 2.22. The van der Waals surface area contributed by atoms with E-state index in [1.54, 1.807) is 6.07 Å². The van der Waals surface area contributed by atoms with Crippen molar-refractivity contribution >= 4 is 17.3 Å². The summed E-state index contributed by atoms with van der Waals surface area (Å²) in [5.74, 6) is 0. The first kappa shape index (κ1) is 13.9. The Kier molecular flexibility index (Phi) is 5.34.